The Bertz CT molecular complexity index is 2450. The predicted octanol–water partition coefficient (Wildman–Crippen LogP) is 7.41. The minimum absolute atomic E-state index is 0.0356. The fourth-order valence-corrected chi connectivity index (χ4v) is 13.8. The molecule has 320 valence electrons. The molecule has 1 fully saturated rings. The molecule has 3 heterocycles. The molecule has 0 bridgehead atoms. The largest absolute Gasteiger partial charge is 0.497 e. The number of carbonyl (C=O) groups is 3. The molecule has 1 saturated heterocycles. The van der Waals surface area contributed by atoms with Crippen LogP contribution in [0.2, 0.25) is 18.6 Å². The number of aliphatic hydroxyl groups excluding tert-OH is 1. The fraction of sp³-hybridized carbons (Fsp3) is 0.320. The summed E-state index contributed by atoms with van der Waals surface area (Å²) in [6.45, 7) is 7.25. The van der Waals surface area contributed by atoms with Gasteiger partial charge in [-0.25, -0.2) is 5.01 Å². The molecule has 62 heavy (non-hydrogen) atoms. The number of amides is 3. The van der Waals surface area contributed by atoms with Gasteiger partial charge in [0.25, 0.3) is 5.91 Å². The van der Waals surface area contributed by atoms with Gasteiger partial charge < -0.3 is 29.1 Å². The summed E-state index contributed by atoms with van der Waals surface area (Å²) in [6.07, 6.45) is 0.346. The number of ether oxygens (including phenoxy) is 3. The molecule has 5 aromatic carbocycles. The Morgan fingerprint density at radius 1 is 0.855 bits per heavy atom. The van der Waals surface area contributed by atoms with Crippen LogP contribution in [0.1, 0.15) is 48.4 Å². The van der Waals surface area contributed by atoms with Gasteiger partial charge in [-0.1, -0.05) is 110 Å². The number of anilines is 2. The fourth-order valence-electron chi connectivity index (χ4n) is 9.81. The van der Waals surface area contributed by atoms with E-state index in [4.69, 9.17) is 19.3 Å². The van der Waals surface area contributed by atoms with Crippen LogP contribution in [0.15, 0.2) is 132 Å². The van der Waals surface area contributed by atoms with Crippen LogP contribution in [0.25, 0.3) is 0 Å². The molecule has 12 heteroatoms. The van der Waals surface area contributed by atoms with Crippen LogP contribution in [0, 0.1) is 5.92 Å². The van der Waals surface area contributed by atoms with E-state index in [1.165, 1.54) is 5.01 Å². The van der Waals surface area contributed by atoms with Crippen LogP contribution >= 0.6 is 0 Å². The third-order valence-corrected chi connectivity index (χ3v) is 17.4. The van der Waals surface area contributed by atoms with E-state index in [1.54, 1.807) is 24.0 Å². The first-order valence-corrected chi connectivity index (χ1v) is 24.4. The highest BCUT2D eigenvalue weighted by molar-refractivity contribution is 6.91. The summed E-state index contributed by atoms with van der Waals surface area (Å²) in [5, 5.41) is 17.5. The molecule has 0 saturated carbocycles. The lowest BCUT2D eigenvalue weighted by Gasteiger charge is -2.37. The van der Waals surface area contributed by atoms with E-state index < -0.39 is 19.8 Å². The zero-order valence-corrected chi connectivity index (χ0v) is 37.0. The molecule has 8 rings (SSSR count). The highest BCUT2D eigenvalue weighted by Crippen LogP contribution is 2.60. The first-order valence-electron chi connectivity index (χ1n) is 21.3. The first kappa shape index (κ1) is 42.6. The lowest BCUT2D eigenvalue weighted by molar-refractivity contribution is -0.150. The van der Waals surface area contributed by atoms with Crippen LogP contribution < -0.4 is 24.6 Å². The van der Waals surface area contributed by atoms with Crippen molar-refractivity contribution in [2.24, 2.45) is 11.0 Å². The highest BCUT2D eigenvalue weighted by Gasteiger charge is 2.66. The second-order valence-corrected chi connectivity index (χ2v) is 21.6. The van der Waals surface area contributed by atoms with E-state index in [0.717, 1.165) is 39.0 Å². The van der Waals surface area contributed by atoms with Gasteiger partial charge >= 0.3 is 0 Å². The SMILES string of the molecule is COc1ccc([Si](C)(C)[C@@H]2[C@@H](CC(=O)N(CCO)Cc3ccccc3)O[C@]3(C(=O)N(Cc4ccc(N5N=C(c6ccccc6)CCC5=O)cc4)c4ccc(OC)cc43)[C@H]2C)cc1. The van der Waals surface area contributed by atoms with E-state index in [9.17, 15) is 14.7 Å². The van der Waals surface area contributed by atoms with Crippen molar-refractivity contribution in [1.29, 1.82) is 0 Å². The summed E-state index contributed by atoms with van der Waals surface area (Å²) in [5.41, 5.74) is 4.14. The molecule has 0 unspecified atom stereocenters. The van der Waals surface area contributed by atoms with Gasteiger partial charge in [-0.15, -0.1) is 0 Å². The molecular formula is C50H54N4O7Si. The van der Waals surface area contributed by atoms with Gasteiger partial charge in [-0.2, -0.15) is 5.10 Å². The number of rotatable bonds is 14. The molecule has 1 spiro atoms. The van der Waals surface area contributed by atoms with E-state index in [-0.39, 0.29) is 55.3 Å². The van der Waals surface area contributed by atoms with Crippen molar-refractivity contribution in [2.45, 2.75) is 69.6 Å². The van der Waals surface area contributed by atoms with Crippen molar-refractivity contribution in [1.82, 2.24) is 4.90 Å². The van der Waals surface area contributed by atoms with E-state index in [1.807, 2.05) is 115 Å². The quantitative estimate of drug-likeness (QED) is 0.116. The summed E-state index contributed by atoms with van der Waals surface area (Å²) in [4.78, 5) is 46.5. The standard InChI is InChI=1S/C50H54N4O7Si/c1-34-48(62(4,5)41-23-20-39(59-2)21-24-41)45(31-47(57)52(28-29-55)32-35-12-8-6-9-13-35)61-50(34)42-30-40(60-3)22-26-44(42)53(49(50)58)33-36-16-18-38(19-17-36)54-46(56)27-25-43(51-54)37-14-10-7-11-15-37/h6-24,26,30,34,45,48,55H,25,27-29,31-33H2,1-5H3/t34-,45+,48-,50+/m0/s1. The Labute approximate surface area is 364 Å². The third-order valence-electron chi connectivity index (χ3n) is 13.0. The summed E-state index contributed by atoms with van der Waals surface area (Å²) >= 11 is 0. The molecule has 11 nitrogen and oxygen atoms in total. The molecular weight excluding hydrogens is 797 g/mol. The summed E-state index contributed by atoms with van der Waals surface area (Å²) < 4.78 is 18.6. The molecule has 3 aliphatic rings. The Morgan fingerprint density at radius 2 is 1.52 bits per heavy atom. The zero-order valence-electron chi connectivity index (χ0n) is 36.0. The number of fused-ring (bicyclic) bond motifs is 2. The molecule has 3 aliphatic heterocycles. The number of methoxy groups -OCH3 is 2. The minimum atomic E-state index is -2.57. The summed E-state index contributed by atoms with van der Waals surface area (Å²) in [6, 6.07) is 41.1. The van der Waals surface area contributed by atoms with Gasteiger partial charge in [0.05, 0.1) is 65.1 Å². The Kier molecular flexibility index (Phi) is 12.2. The zero-order chi connectivity index (χ0) is 43.6. The molecule has 5 aromatic rings. The van der Waals surface area contributed by atoms with Crippen LogP contribution in [0.5, 0.6) is 11.5 Å². The second-order valence-electron chi connectivity index (χ2n) is 16.9. The van der Waals surface area contributed by atoms with Gasteiger partial charge in [0.15, 0.2) is 5.60 Å². The summed E-state index contributed by atoms with van der Waals surface area (Å²) in [5.74, 6) is 0.573. The lowest BCUT2D eigenvalue weighted by atomic mass is 9.82. The number of aliphatic hydroxyl groups is 1. The van der Waals surface area contributed by atoms with Crippen molar-refractivity contribution in [3.8, 4) is 11.5 Å². The van der Waals surface area contributed by atoms with Gasteiger partial charge in [0.1, 0.15) is 11.5 Å². The van der Waals surface area contributed by atoms with Crippen molar-refractivity contribution in [3.63, 3.8) is 0 Å². The van der Waals surface area contributed by atoms with E-state index in [0.29, 0.717) is 36.4 Å². The molecule has 0 aliphatic carbocycles. The van der Waals surface area contributed by atoms with Crippen molar-refractivity contribution in [2.75, 3.05) is 37.3 Å². The Morgan fingerprint density at radius 3 is 2.18 bits per heavy atom. The Balaban J connectivity index is 1.14. The highest BCUT2D eigenvalue weighted by atomic mass is 28.3. The van der Waals surface area contributed by atoms with Gasteiger partial charge in [-0.3, -0.25) is 14.4 Å². The normalized spacial score (nSPS) is 20.9. The van der Waals surface area contributed by atoms with Crippen molar-refractivity contribution >= 4 is 48.1 Å². The number of hydrogen-bond donors (Lipinski definition) is 1. The Hall–Kier alpha value is -6.08. The van der Waals surface area contributed by atoms with Crippen LogP contribution in [0.4, 0.5) is 11.4 Å². The average Bonchev–Trinajstić information content (AvgIpc) is 3.72. The van der Waals surface area contributed by atoms with Crippen molar-refractivity contribution in [3.05, 3.63) is 150 Å². The molecule has 3 amide bonds. The molecule has 1 N–H and O–H groups in total. The number of nitrogens with zero attached hydrogens (tertiary/aromatic N) is 4. The van der Waals surface area contributed by atoms with Gasteiger partial charge in [0.2, 0.25) is 11.8 Å². The van der Waals surface area contributed by atoms with E-state index in [2.05, 4.69) is 32.2 Å². The number of benzene rings is 5. The maximum absolute atomic E-state index is 15.5. The van der Waals surface area contributed by atoms with Crippen molar-refractivity contribution < 1.29 is 33.7 Å². The minimum Gasteiger partial charge on any atom is -0.497 e. The number of hydrazone groups is 1. The predicted molar refractivity (Wildman–Crippen MR) is 243 cm³/mol. The van der Waals surface area contributed by atoms with Crippen LogP contribution in [-0.4, -0.2) is 75.0 Å². The summed E-state index contributed by atoms with van der Waals surface area (Å²) in [7, 11) is 0.687. The molecule has 0 aromatic heterocycles. The number of carbonyl (C=O) groups excluding carboxylic acids is 3. The number of hydrogen-bond acceptors (Lipinski definition) is 8. The maximum atomic E-state index is 15.5. The second kappa shape index (κ2) is 17.7. The topological polar surface area (TPSA) is 121 Å². The maximum Gasteiger partial charge on any atom is 0.264 e. The smallest absolute Gasteiger partial charge is 0.264 e. The van der Waals surface area contributed by atoms with Crippen LogP contribution in [-0.2, 0) is 37.8 Å². The lowest BCUT2D eigenvalue weighted by Crippen LogP contribution is -2.52. The monoisotopic (exact) mass is 850 g/mol. The van der Waals surface area contributed by atoms with E-state index >= 15 is 4.79 Å². The average molecular weight is 851 g/mol. The first-order chi connectivity index (χ1) is 30.0. The third kappa shape index (κ3) is 7.94. The van der Waals surface area contributed by atoms with Crippen LogP contribution in [0.3, 0.4) is 0 Å². The molecule has 4 atom stereocenters. The van der Waals surface area contributed by atoms with Gasteiger partial charge in [-0.05, 0) is 64.7 Å². The molecule has 0 radical (unpaired) electrons. The van der Waals surface area contributed by atoms with Gasteiger partial charge in [0, 0.05) is 37.4 Å².